The Morgan fingerprint density at radius 2 is 1.95 bits per heavy atom. The summed E-state index contributed by atoms with van der Waals surface area (Å²) < 4.78 is 12.9. The zero-order valence-corrected chi connectivity index (χ0v) is 12.6. The average Bonchev–Trinajstić information content (AvgIpc) is 2.73. The molecule has 1 saturated heterocycles. The quantitative estimate of drug-likeness (QED) is 0.914. The van der Waals surface area contributed by atoms with Gasteiger partial charge in [0.1, 0.15) is 5.82 Å². The van der Waals surface area contributed by atoms with Gasteiger partial charge in [-0.15, -0.1) is 0 Å². The number of hydrogen-bond donors (Lipinski definition) is 1. The highest BCUT2D eigenvalue weighted by molar-refractivity contribution is 5.78. The van der Waals surface area contributed by atoms with Crippen LogP contribution in [0.3, 0.4) is 0 Å². The molecule has 2 rings (SSSR count). The van der Waals surface area contributed by atoms with Crippen LogP contribution in [0.1, 0.15) is 18.9 Å². The standard InChI is InChI=1S/C16H24FN3O/c1-13(11-18)16(21)20-8-2-7-19(9-10-20)12-14-3-5-15(17)6-4-14/h3-6,13H,2,7-12,18H2,1H3. The molecule has 0 aromatic heterocycles. The van der Waals surface area contributed by atoms with Gasteiger partial charge in [-0.2, -0.15) is 0 Å². The minimum absolute atomic E-state index is 0.103. The van der Waals surface area contributed by atoms with E-state index in [1.165, 1.54) is 12.1 Å². The van der Waals surface area contributed by atoms with Crippen LogP contribution >= 0.6 is 0 Å². The maximum Gasteiger partial charge on any atom is 0.226 e. The molecule has 1 atom stereocenters. The van der Waals surface area contributed by atoms with Gasteiger partial charge in [0, 0.05) is 45.2 Å². The Hall–Kier alpha value is -1.46. The van der Waals surface area contributed by atoms with Crippen LogP contribution in [0.5, 0.6) is 0 Å². The highest BCUT2D eigenvalue weighted by Gasteiger charge is 2.22. The summed E-state index contributed by atoms with van der Waals surface area (Å²) in [6, 6.07) is 6.62. The van der Waals surface area contributed by atoms with Crippen molar-refractivity contribution in [1.29, 1.82) is 0 Å². The fourth-order valence-electron chi connectivity index (χ4n) is 2.61. The fourth-order valence-corrected chi connectivity index (χ4v) is 2.61. The van der Waals surface area contributed by atoms with E-state index in [2.05, 4.69) is 4.90 Å². The van der Waals surface area contributed by atoms with Crippen molar-refractivity contribution in [3.8, 4) is 0 Å². The molecule has 1 fully saturated rings. The predicted octanol–water partition coefficient (Wildman–Crippen LogP) is 1.45. The molecule has 0 bridgehead atoms. The molecule has 116 valence electrons. The van der Waals surface area contributed by atoms with E-state index in [1.54, 1.807) is 0 Å². The van der Waals surface area contributed by atoms with E-state index in [1.807, 2.05) is 24.0 Å². The lowest BCUT2D eigenvalue weighted by Gasteiger charge is -2.24. The van der Waals surface area contributed by atoms with Crippen LogP contribution in [-0.2, 0) is 11.3 Å². The molecule has 1 unspecified atom stereocenters. The zero-order valence-electron chi connectivity index (χ0n) is 12.6. The number of rotatable bonds is 4. The first-order chi connectivity index (χ1) is 10.1. The molecule has 1 amide bonds. The van der Waals surface area contributed by atoms with Crippen LogP contribution in [0.4, 0.5) is 4.39 Å². The van der Waals surface area contributed by atoms with E-state index in [4.69, 9.17) is 5.73 Å². The van der Waals surface area contributed by atoms with Crippen molar-refractivity contribution in [1.82, 2.24) is 9.80 Å². The van der Waals surface area contributed by atoms with Gasteiger partial charge in [-0.3, -0.25) is 9.69 Å². The highest BCUT2D eigenvalue weighted by atomic mass is 19.1. The molecule has 5 heteroatoms. The number of hydrogen-bond acceptors (Lipinski definition) is 3. The number of nitrogens with zero attached hydrogens (tertiary/aromatic N) is 2. The van der Waals surface area contributed by atoms with Gasteiger partial charge in [-0.05, 0) is 24.1 Å². The second-order valence-electron chi connectivity index (χ2n) is 5.72. The molecule has 1 heterocycles. The number of carbonyl (C=O) groups is 1. The van der Waals surface area contributed by atoms with Crippen LogP contribution < -0.4 is 5.73 Å². The first-order valence-electron chi connectivity index (χ1n) is 7.56. The number of carbonyl (C=O) groups excluding carboxylic acids is 1. The number of halogens is 1. The summed E-state index contributed by atoms with van der Waals surface area (Å²) in [6.07, 6.45) is 0.963. The second kappa shape index (κ2) is 7.52. The monoisotopic (exact) mass is 293 g/mol. The van der Waals surface area contributed by atoms with Gasteiger partial charge >= 0.3 is 0 Å². The van der Waals surface area contributed by atoms with E-state index < -0.39 is 0 Å². The van der Waals surface area contributed by atoms with Gasteiger partial charge in [-0.25, -0.2) is 4.39 Å². The van der Waals surface area contributed by atoms with E-state index in [-0.39, 0.29) is 17.6 Å². The van der Waals surface area contributed by atoms with Crippen molar-refractivity contribution in [2.75, 3.05) is 32.7 Å². The van der Waals surface area contributed by atoms with Crippen molar-refractivity contribution in [2.45, 2.75) is 19.9 Å². The van der Waals surface area contributed by atoms with E-state index in [9.17, 15) is 9.18 Å². The largest absolute Gasteiger partial charge is 0.341 e. The number of benzene rings is 1. The van der Waals surface area contributed by atoms with E-state index in [0.29, 0.717) is 6.54 Å². The smallest absolute Gasteiger partial charge is 0.226 e. The van der Waals surface area contributed by atoms with Crippen LogP contribution in [0, 0.1) is 11.7 Å². The fraction of sp³-hybridized carbons (Fsp3) is 0.562. The first kappa shape index (κ1) is 15.9. The summed E-state index contributed by atoms with van der Waals surface area (Å²) in [5.41, 5.74) is 6.68. The summed E-state index contributed by atoms with van der Waals surface area (Å²) in [5.74, 6) is -0.156. The Kier molecular flexibility index (Phi) is 5.70. The summed E-state index contributed by atoms with van der Waals surface area (Å²) in [5, 5.41) is 0. The third-order valence-corrected chi connectivity index (χ3v) is 3.99. The second-order valence-corrected chi connectivity index (χ2v) is 5.72. The molecule has 0 saturated carbocycles. The molecule has 2 N–H and O–H groups in total. The van der Waals surface area contributed by atoms with Crippen molar-refractivity contribution >= 4 is 5.91 Å². The molecule has 21 heavy (non-hydrogen) atoms. The predicted molar refractivity (Wildman–Crippen MR) is 81.1 cm³/mol. The summed E-state index contributed by atoms with van der Waals surface area (Å²) in [4.78, 5) is 16.4. The lowest BCUT2D eigenvalue weighted by Crippen LogP contribution is -2.40. The number of nitrogens with two attached hydrogens (primary N) is 1. The molecule has 0 spiro atoms. The molecule has 1 aliphatic rings. The maximum absolute atomic E-state index is 12.9. The summed E-state index contributed by atoms with van der Waals surface area (Å²) in [7, 11) is 0. The SMILES string of the molecule is CC(CN)C(=O)N1CCCN(Cc2ccc(F)cc2)CC1. The van der Waals surface area contributed by atoms with E-state index >= 15 is 0 Å². The van der Waals surface area contributed by atoms with E-state index in [0.717, 1.165) is 44.7 Å². The molecule has 4 nitrogen and oxygen atoms in total. The summed E-state index contributed by atoms with van der Waals surface area (Å²) in [6.45, 7) is 6.42. The Balaban J connectivity index is 1.88. The lowest BCUT2D eigenvalue weighted by atomic mass is 10.1. The van der Waals surface area contributed by atoms with Crippen molar-refractivity contribution in [3.63, 3.8) is 0 Å². The van der Waals surface area contributed by atoms with Gasteiger partial charge in [0.25, 0.3) is 0 Å². The van der Waals surface area contributed by atoms with Crippen LogP contribution in [0.2, 0.25) is 0 Å². The van der Waals surface area contributed by atoms with Gasteiger partial charge < -0.3 is 10.6 Å². The number of amides is 1. The van der Waals surface area contributed by atoms with Crippen molar-refractivity contribution in [3.05, 3.63) is 35.6 Å². The molecule has 1 aromatic rings. The van der Waals surface area contributed by atoms with Crippen molar-refractivity contribution in [2.24, 2.45) is 11.7 Å². The van der Waals surface area contributed by atoms with Crippen molar-refractivity contribution < 1.29 is 9.18 Å². The molecular weight excluding hydrogens is 269 g/mol. The Morgan fingerprint density at radius 1 is 1.24 bits per heavy atom. The summed E-state index contributed by atoms with van der Waals surface area (Å²) >= 11 is 0. The maximum atomic E-state index is 12.9. The van der Waals surface area contributed by atoms with Gasteiger partial charge in [-0.1, -0.05) is 19.1 Å². The van der Waals surface area contributed by atoms with Gasteiger partial charge in [0.2, 0.25) is 5.91 Å². The highest BCUT2D eigenvalue weighted by Crippen LogP contribution is 2.11. The Morgan fingerprint density at radius 3 is 2.62 bits per heavy atom. The van der Waals surface area contributed by atoms with Crippen LogP contribution in [-0.4, -0.2) is 48.4 Å². The van der Waals surface area contributed by atoms with Gasteiger partial charge in [0.15, 0.2) is 0 Å². The molecule has 1 aromatic carbocycles. The normalized spacial score (nSPS) is 18.3. The van der Waals surface area contributed by atoms with Crippen LogP contribution in [0.25, 0.3) is 0 Å². The first-order valence-corrected chi connectivity index (χ1v) is 7.56. The third-order valence-electron chi connectivity index (χ3n) is 3.99. The minimum atomic E-state index is -0.206. The lowest BCUT2D eigenvalue weighted by molar-refractivity contribution is -0.134. The zero-order chi connectivity index (χ0) is 15.2. The Bertz CT molecular complexity index is 463. The molecular formula is C16H24FN3O. The topological polar surface area (TPSA) is 49.6 Å². The third kappa shape index (κ3) is 4.51. The van der Waals surface area contributed by atoms with Gasteiger partial charge in [0.05, 0.1) is 0 Å². The molecule has 0 aliphatic carbocycles. The molecule has 1 aliphatic heterocycles. The Labute approximate surface area is 125 Å². The average molecular weight is 293 g/mol. The molecule has 0 radical (unpaired) electrons. The van der Waals surface area contributed by atoms with Crippen LogP contribution in [0.15, 0.2) is 24.3 Å². The minimum Gasteiger partial charge on any atom is -0.341 e.